The van der Waals surface area contributed by atoms with Gasteiger partial charge in [-0.25, -0.2) is 4.39 Å². The number of benzene rings is 2. The second kappa shape index (κ2) is 9.64. The van der Waals surface area contributed by atoms with Gasteiger partial charge in [0.2, 0.25) is 5.91 Å². The summed E-state index contributed by atoms with van der Waals surface area (Å²) in [6, 6.07) is 17.8. The third kappa shape index (κ3) is 6.04. The van der Waals surface area contributed by atoms with Crippen molar-refractivity contribution in [3.8, 4) is 11.3 Å². The zero-order valence-corrected chi connectivity index (χ0v) is 14.9. The van der Waals surface area contributed by atoms with E-state index in [2.05, 4.69) is 22.6 Å². The van der Waals surface area contributed by atoms with Crippen molar-refractivity contribution in [3.63, 3.8) is 0 Å². The molecular weight excluding hydrogens is 347 g/mol. The minimum absolute atomic E-state index is 0.0376. The number of aryl methyl sites for hydroxylation is 1. The highest BCUT2D eigenvalue weighted by molar-refractivity contribution is 5.77. The van der Waals surface area contributed by atoms with E-state index in [1.54, 1.807) is 18.2 Å². The monoisotopic (exact) mass is 368 g/mol. The highest BCUT2D eigenvalue weighted by atomic mass is 19.1. The first kappa shape index (κ1) is 18.8. The van der Waals surface area contributed by atoms with Gasteiger partial charge in [0, 0.05) is 18.2 Å². The van der Waals surface area contributed by atoms with E-state index in [-0.39, 0.29) is 24.9 Å². The average molecular weight is 368 g/mol. The molecule has 0 unspecified atom stereocenters. The van der Waals surface area contributed by atoms with E-state index in [0.29, 0.717) is 18.0 Å². The minimum Gasteiger partial charge on any atom is -0.365 e. The van der Waals surface area contributed by atoms with Crippen molar-refractivity contribution in [1.82, 2.24) is 10.5 Å². The molecule has 0 saturated heterocycles. The second-order valence-corrected chi connectivity index (χ2v) is 6.12. The lowest BCUT2D eigenvalue weighted by molar-refractivity contribution is -0.126. The lowest BCUT2D eigenvalue weighted by Gasteiger charge is -2.05. The Labute approximate surface area is 157 Å². The number of rotatable bonds is 9. The van der Waals surface area contributed by atoms with E-state index in [4.69, 9.17) is 9.26 Å². The van der Waals surface area contributed by atoms with E-state index in [1.165, 1.54) is 17.7 Å². The molecule has 0 radical (unpaired) electrons. The molecule has 27 heavy (non-hydrogen) atoms. The Morgan fingerprint density at radius 3 is 2.67 bits per heavy atom. The number of nitrogens with one attached hydrogen (secondary N) is 1. The topological polar surface area (TPSA) is 64.4 Å². The number of hydrogen-bond donors (Lipinski definition) is 1. The fraction of sp³-hybridized carbons (Fsp3) is 0.238. The molecule has 140 valence electrons. The number of hydrogen-bond acceptors (Lipinski definition) is 4. The summed E-state index contributed by atoms with van der Waals surface area (Å²) >= 11 is 0. The number of halogens is 1. The SMILES string of the molecule is O=C(COCc1cc(-c2ccc(F)cc2)on1)NCCCc1ccccc1. The summed E-state index contributed by atoms with van der Waals surface area (Å²) in [4.78, 5) is 11.8. The zero-order valence-electron chi connectivity index (χ0n) is 14.9. The molecule has 0 atom stereocenters. The van der Waals surface area contributed by atoms with Crippen LogP contribution in [0.15, 0.2) is 65.2 Å². The van der Waals surface area contributed by atoms with Crippen molar-refractivity contribution in [3.05, 3.63) is 77.7 Å². The summed E-state index contributed by atoms with van der Waals surface area (Å²) in [7, 11) is 0. The highest BCUT2D eigenvalue weighted by Gasteiger charge is 2.08. The third-order valence-electron chi connectivity index (χ3n) is 3.98. The molecule has 0 fully saturated rings. The van der Waals surface area contributed by atoms with E-state index >= 15 is 0 Å². The molecule has 0 spiro atoms. The van der Waals surface area contributed by atoms with Crippen molar-refractivity contribution < 1.29 is 18.4 Å². The van der Waals surface area contributed by atoms with Crippen LogP contribution < -0.4 is 5.32 Å². The molecule has 0 aliphatic heterocycles. The Kier molecular flexibility index (Phi) is 6.71. The first-order valence-corrected chi connectivity index (χ1v) is 8.80. The van der Waals surface area contributed by atoms with Crippen molar-refractivity contribution in [2.45, 2.75) is 19.4 Å². The van der Waals surface area contributed by atoms with Gasteiger partial charge in [0.1, 0.15) is 18.1 Å². The molecule has 1 N–H and O–H groups in total. The third-order valence-corrected chi connectivity index (χ3v) is 3.98. The smallest absolute Gasteiger partial charge is 0.246 e. The maximum atomic E-state index is 12.9. The van der Waals surface area contributed by atoms with Gasteiger partial charge in [-0.05, 0) is 42.7 Å². The van der Waals surface area contributed by atoms with E-state index < -0.39 is 0 Å². The lowest BCUT2D eigenvalue weighted by Crippen LogP contribution is -2.28. The summed E-state index contributed by atoms with van der Waals surface area (Å²) in [5.74, 6) is 0.0564. The molecule has 0 aliphatic rings. The van der Waals surface area contributed by atoms with Crippen molar-refractivity contribution in [1.29, 1.82) is 0 Å². The number of ether oxygens (including phenoxy) is 1. The average Bonchev–Trinajstić information content (AvgIpc) is 3.15. The van der Waals surface area contributed by atoms with Crippen LogP contribution in [0, 0.1) is 5.82 Å². The molecule has 1 heterocycles. The fourth-order valence-corrected chi connectivity index (χ4v) is 2.59. The molecule has 3 rings (SSSR count). The van der Waals surface area contributed by atoms with Crippen LogP contribution in [0.2, 0.25) is 0 Å². The quantitative estimate of drug-likeness (QED) is 0.584. The predicted molar refractivity (Wildman–Crippen MR) is 99.3 cm³/mol. The maximum absolute atomic E-state index is 12.9. The Hall–Kier alpha value is -2.99. The van der Waals surface area contributed by atoms with E-state index in [0.717, 1.165) is 18.4 Å². The summed E-state index contributed by atoms with van der Waals surface area (Å²) in [6.45, 7) is 0.738. The van der Waals surface area contributed by atoms with Crippen LogP contribution in [-0.2, 0) is 22.6 Å². The second-order valence-electron chi connectivity index (χ2n) is 6.12. The van der Waals surface area contributed by atoms with Gasteiger partial charge in [0.15, 0.2) is 5.76 Å². The van der Waals surface area contributed by atoms with Crippen LogP contribution in [0.5, 0.6) is 0 Å². The van der Waals surface area contributed by atoms with Gasteiger partial charge >= 0.3 is 0 Å². The minimum atomic E-state index is -0.309. The van der Waals surface area contributed by atoms with Gasteiger partial charge in [0.25, 0.3) is 0 Å². The standard InChI is InChI=1S/C21H21FN2O3/c22-18-10-8-17(9-11-18)20-13-19(24-27-20)14-26-15-21(25)23-12-4-7-16-5-2-1-3-6-16/h1-3,5-6,8-11,13H,4,7,12,14-15H2,(H,23,25). The molecule has 0 saturated carbocycles. The van der Waals surface area contributed by atoms with Crippen molar-refractivity contribution in [2.75, 3.05) is 13.2 Å². The number of nitrogens with zero attached hydrogens (tertiary/aromatic N) is 1. The number of amides is 1. The molecule has 5 nitrogen and oxygen atoms in total. The molecular formula is C21H21FN2O3. The summed E-state index contributed by atoms with van der Waals surface area (Å²) < 4.78 is 23.5. The summed E-state index contributed by atoms with van der Waals surface area (Å²) in [5, 5.41) is 6.73. The zero-order chi connectivity index (χ0) is 18.9. The normalized spacial score (nSPS) is 10.7. The van der Waals surface area contributed by atoms with E-state index in [1.807, 2.05) is 18.2 Å². The molecule has 0 bridgehead atoms. The Bertz CT molecular complexity index is 847. The molecule has 0 aliphatic carbocycles. The Morgan fingerprint density at radius 1 is 1.11 bits per heavy atom. The first-order chi connectivity index (χ1) is 13.2. The largest absolute Gasteiger partial charge is 0.365 e. The van der Waals surface area contributed by atoms with E-state index in [9.17, 15) is 9.18 Å². The van der Waals surface area contributed by atoms with Crippen LogP contribution in [-0.4, -0.2) is 24.2 Å². The number of carbonyl (C=O) groups excluding carboxylic acids is 1. The summed E-state index contributed by atoms with van der Waals surface area (Å²) in [5.41, 5.74) is 2.56. The van der Waals surface area contributed by atoms with Gasteiger partial charge in [-0.2, -0.15) is 0 Å². The van der Waals surface area contributed by atoms with Crippen LogP contribution >= 0.6 is 0 Å². The fourth-order valence-electron chi connectivity index (χ4n) is 2.59. The number of aromatic nitrogens is 1. The van der Waals surface area contributed by atoms with Crippen molar-refractivity contribution >= 4 is 5.91 Å². The lowest BCUT2D eigenvalue weighted by atomic mass is 10.1. The molecule has 6 heteroatoms. The van der Waals surface area contributed by atoms with Crippen LogP contribution in [0.4, 0.5) is 4.39 Å². The molecule has 1 aromatic heterocycles. The first-order valence-electron chi connectivity index (χ1n) is 8.80. The maximum Gasteiger partial charge on any atom is 0.246 e. The van der Waals surface area contributed by atoms with Crippen LogP contribution in [0.1, 0.15) is 17.7 Å². The highest BCUT2D eigenvalue weighted by Crippen LogP contribution is 2.20. The molecule has 3 aromatic rings. The Morgan fingerprint density at radius 2 is 1.89 bits per heavy atom. The van der Waals surface area contributed by atoms with Gasteiger partial charge in [-0.15, -0.1) is 0 Å². The van der Waals surface area contributed by atoms with Gasteiger partial charge in [0.05, 0.1) is 6.61 Å². The van der Waals surface area contributed by atoms with Gasteiger partial charge in [-0.1, -0.05) is 35.5 Å². The number of carbonyl (C=O) groups is 1. The van der Waals surface area contributed by atoms with Crippen molar-refractivity contribution in [2.24, 2.45) is 0 Å². The molecule has 1 amide bonds. The Balaban J connectivity index is 1.33. The predicted octanol–water partition coefficient (Wildman–Crippen LogP) is 3.75. The van der Waals surface area contributed by atoms with Crippen LogP contribution in [0.3, 0.4) is 0 Å². The van der Waals surface area contributed by atoms with Crippen LogP contribution in [0.25, 0.3) is 11.3 Å². The van der Waals surface area contributed by atoms with Gasteiger partial charge < -0.3 is 14.6 Å². The van der Waals surface area contributed by atoms with Gasteiger partial charge in [-0.3, -0.25) is 4.79 Å². The molecule has 2 aromatic carbocycles. The summed E-state index contributed by atoms with van der Waals surface area (Å²) in [6.07, 6.45) is 1.80.